The van der Waals surface area contributed by atoms with Gasteiger partial charge in [0.05, 0.1) is 13.2 Å². The SMILES string of the molecule is CC(C)C(CNC(=O)CCCc1c[nH]c2ccccc12)N1CCOCC1. The van der Waals surface area contributed by atoms with Crippen molar-refractivity contribution >= 4 is 16.8 Å². The maximum atomic E-state index is 12.3. The van der Waals surface area contributed by atoms with Crippen LogP contribution in [-0.2, 0) is 16.0 Å². The summed E-state index contributed by atoms with van der Waals surface area (Å²) in [6.45, 7) is 8.68. The van der Waals surface area contributed by atoms with Crippen LogP contribution in [0.5, 0.6) is 0 Å². The van der Waals surface area contributed by atoms with Gasteiger partial charge in [0.15, 0.2) is 0 Å². The van der Waals surface area contributed by atoms with Crippen LogP contribution in [0.25, 0.3) is 10.9 Å². The standard InChI is InChI=1S/C21H31N3O2/c1-16(2)20(24-10-12-26-13-11-24)15-23-21(25)9-5-6-17-14-22-19-8-4-3-7-18(17)19/h3-4,7-8,14,16,20,22H,5-6,9-13,15H2,1-2H3,(H,23,25). The van der Waals surface area contributed by atoms with E-state index >= 15 is 0 Å². The van der Waals surface area contributed by atoms with Gasteiger partial charge in [-0.25, -0.2) is 0 Å². The van der Waals surface area contributed by atoms with Crippen molar-refractivity contribution in [3.05, 3.63) is 36.0 Å². The van der Waals surface area contributed by atoms with Crippen molar-refractivity contribution in [2.75, 3.05) is 32.8 Å². The van der Waals surface area contributed by atoms with Gasteiger partial charge in [0, 0.05) is 49.2 Å². The van der Waals surface area contributed by atoms with Gasteiger partial charge in [0.1, 0.15) is 0 Å². The molecule has 2 heterocycles. The number of amides is 1. The molecule has 0 spiro atoms. The maximum absolute atomic E-state index is 12.3. The predicted octanol–water partition coefficient (Wildman–Crippen LogP) is 2.96. The third kappa shape index (κ3) is 4.86. The Hall–Kier alpha value is -1.85. The number of carbonyl (C=O) groups is 1. The minimum atomic E-state index is 0.156. The molecule has 1 aromatic heterocycles. The summed E-state index contributed by atoms with van der Waals surface area (Å²) in [6, 6.07) is 8.70. The summed E-state index contributed by atoms with van der Waals surface area (Å²) >= 11 is 0. The molecule has 1 atom stereocenters. The largest absolute Gasteiger partial charge is 0.379 e. The van der Waals surface area contributed by atoms with Crippen molar-refractivity contribution in [3.8, 4) is 0 Å². The number of aryl methyl sites for hydroxylation is 1. The van der Waals surface area contributed by atoms with Gasteiger partial charge in [0.25, 0.3) is 0 Å². The zero-order valence-electron chi connectivity index (χ0n) is 16.0. The molecule has 5 heteroatoms. The highest BCUT2D eigenvalue weighted by Crippen LogP contribution is 2.19. The molecule has 1 aliphatic rings. The second-order valence-electron chi connectivity index (χ2n) is 7.48. The molecule has 1 saturated heterocycles. The minimum absolute atomic E-state index is 0.156. The van der Waals surface area contributed by atoms with Crippen LogP contribution in [0, 0.1) is 5.92 Å². The van der Waals surface area contributed by atoms with E-state index in [1.165, 1.54) is 10.9 Å². The second-order valence-corrected chi connectivity index (χ2v) is 7.48. The molecule has 1 fully saturated rings. The average molecular weight is 357 g/mol. The van der Waals surface area contributed by atoms with Crippen molar-refractivity contribution in [3.63, 3.8) is 0 Å². The highest BCUT2D eigenvalue weighted by atomic mass is 16.5. The van der Waals surface area contributed by atoms with E-state index in [4.69, 9.17) is 4.74 Å². The summed E-state index contributed by atoms with van der Waals surface area (Å²) in [5.41, 5.74) is 2.46. The lowest BCUT2D eigenvalue weighted by atomic mass is 10.0. The number of nitrogens with zero attached hydrogens (tertiary/aromatic N) is 1. The van der Waals surface area contributed by atoms with Crippen molar-refractivity contribution in [1.82, 2.24) is 15.2 Å². The van der Waals surface area contributed by atoms with Crippen molar-refractivity contribution < 1.29 is 9.53 Å². The number of nitrogens with one attached hydrogen (secondary N) is 2. The number of morpholine rings is 1. The van der Waals surface area contributed by atoms with E-state index in [2.05, 4.69) is 53.4 Å². The van der Waals surface area contributed by atoms with E-state index in [1.807, 2.05) is 6.07 Å². The molecular weight excluding hydrogens is 326 g/mol. The molecule has 1 unspecified atom stereocenters. The molecule has 2 aromatic rings. The summed E-state index contributed by atoms with van der Waals surface area (Å²) in [7, 11) is 0. The van der Waals surface area contributed by atoms with Crippen LogP contribution < -0.4 is 5.32 Å². The Kier molecular flexibility index (Phi) is 6.69. The highest BCUT2D eigenvalue weighted by molar-refractivity contribution is 5.83. The molecule has 5 nitrogen and oxygen atoms in total. The number of para-hydroxylation sites is 1. The normalized spacial score (nSPS) is 16.9. The van der Waals surface area contributed by atoms with E-state index < -0.39 is 0 Å². The van der Waals surface area contributed by atoms with Gasteiger partial charge in [-0.05, 0) is 30.4 Å². The third-order valence-corrected chi connectivity index (χ3v) is 5.32. The van der Waals surface area contributed by atoms with Crippen LogP contribution in [0.3, 0.4) is 0 Å². The lowest BCUT2D eigenvalue weighted by Crippen LogP contribution is -2.51. The van der Waals surface area contributed by atoms with Crippen LogP contribution >= 0.6 is 0 Å². The maximum Gasteiger partial charge on any atom is 0.220 e. The van der Waals surface area contributed by atoms with E-state index in [1.54, 1.807) is 0 Å². The van der Waals surface area contributed by atoms with E-state index in [-0.39, 0.29) is 5.91 Å². The molecule has 0 aliphatic carbocycles. The fraction of sp³-hybridized carbons (Fsp3) is 0.571. The van der Waals surface area contributed by atoms with Gasteiger partial charge < -0.3 is 15.0 Å². The summed E-state index contributed by atoms with van der Waals surface area (Å²) in [5, 5.41) is 4.41. The first-order chi connectivity index (χ1) is 12.6. The Morgan fingerprint density at radius 2 is 2.04 bits per heavy atom. The second kappa shape index (κ2) is 9.19. The molecule has 1 amide bonds. The number of rotatable bonds is 8. The fourth-order valence-corrected chi connectivity index (χ4v) is 3.78. The van der Waals surface area contributed by atoms with E-state index in [0.717, 1.165) is 51.2 Å². The number of hydrogen-bond acceptors (Lipinski definition) is 3. The predicted molar refractivity (Wildman–Crippen MR) is 105 cm³/mol. The summed E-state index contributed by atoms with van der Waals surface area (Å²) in [6.07, 6.45) is 4.44. The molecule has 2 N–H and O–H groups in total. The van der Waals surface area contributed by atoms with Crippen molar-refractivity contribution in [2.45, 2.75) is 39.2 Å². The summed E-state index contributed by atoms with van der Waals surface area (Å²) < 4.78 is 5.44. The molecule has 142 valence electrons. The first kappa shape index (κ1) is 18.9. The average Bonchev–Trinajstić information content (AvgIpc) is 3.06. The van der Waals surface area contributed by atoms with Crippen LogP contribution in [0.1, 0.15) is 32.3 Å². The first-order valence-electron chi connectivity index (χ1n) is 9.78. The molecular formula is C21H31N3O2. The van der Waals surface area contributed by atoms with Gasteiger partial charge in [-0.2, -0.15) is 0 Å². The van der Waals surface area contributed by atoms with Gasteiger partial charge in [-0.15, -0.1) is 0 Å². The molecule has 0 radical (unpaired) electrons. The summed E-state index contributed by atoms with van der Waals surface area (Å²) in [5.74, 6) is 0.670. The lowest BCUT2D eigenvalue weighted by Gasteiger charge is -2.36. The number of H-pyrrole nitrogens is 1. The Balaban J connectivity index is 1.43. The smallest absolute Gasteiger partial charge is 0.220 e. The number of fused-ring (bicyclic) bond motifs is 1. The van der Waals surface area contributed by atoms with Crippen LogP contribution in [-0.4, -0.2) is 54.7 Å². The number of carbonyl (C=O) groups excluding carboxylic acids is 1. The molecule has 0 saturated carbocycles. The number of ether oxygens (including phenoxy) is 1. The van der Waals surface area contributed by atoms with Crippen molar-refractivity contribution in [2.24, 2.45) is 5.92 Å². The molecule has 1 aliphatic heterocycles. The highest BCUT2D eigenvalue weighted by Gasteiger charge is 2.24. The van der Waals surface area contributed by atoms with Gasteiger partial charge in [-0.1, -0.05) is 32.0 Å². The van der Waals surface area contributed by atoms with Gasteiger partial charge >= 0.3 is 0 Å². The van der Waals surface area contributed by atoms with Gasteiger partial charge in [-0.3, -0.25) is 9.69 Å². The molecule has 26 heavy (non-hydrogen) atoms. The number of aromatic amines is 1. The number of aromatic nitrogens is 1. The molecule has 1 aromatic carbocycles. The van der Waals surface area contributed by atoms with Crippen LogP contribution in [0.4, 0.5) is 0 Å². The van der Waals surface area contributed by atoms with Gasteiger partial charge in [0.2, 0.25) is 5.91 Å². The van der Waals surface area contributed by atoms with Crippen LogP contribution in [0.2, 0.25) is 0 Å². The molecule has 0 bridgehead atoms. The van der Waals surface area contributed by atoms with E-state index in [0.29, 0.717) is 18.4 Å². The Morgan fingerprint density at radius 1 is 1.27 bits per heavy atom. The lowest BCUT2D eigenvalue weighted by molar-refractivity contribution is -0.121. The first-order valence-corrected chi connectivity index (χ1v) is 9.78. The Morgan fingerprint density at radius 3 is 2.81 bits per heavy atom. The van der Waals surface area contributed by atoms with Crippen LogP contribution in [0.15, 0.2) is 30.5 Å². The van der Waals surface area contributed by atoms with Crippen molar-refractivity contribution in [1.29, 1.82) is 0 Å². The summed E-state index contributed by atoms with van der Waals surface area (Å²) in [4.78, 5) is 18.0. The number of hydrogen-bond donors (Lipinski definition) is 2. The van der Waals surface area contributed by atoms with E-state index in [9.17, 15) is 4.79 Å². The quantitative estimate of drug-likeness (QED) is 0.764. The topological polar surface area (TPSA) is 57.4 Å². The Labute approximate surface area is 156 Å². The fourth-order valence-electron chi connectivity index (χ4n) is 3.78. The zero-order valence-corrected chi connectivity index (χ0v) is 16.0. The zero-order chi connectivity index (χ0) is 18.4. The minimum Gasteiger partial charge on any atom is -0.379 e. The molecule has 3 rings (SSSR count). The number of benzene rings is 1. The monoisotopic (exact) mass is 357 g/mol. The third-order valence-electron chi connectivity index (χ3n) is 5.32. The Bertz CT molecular complexity index is 704.